The van der Waals surface area contributed by atoms with Crippen molar-refractivity contribution < 1.29 is 27.5 Å². The van der Waals surface area contributed by atoms with E-state index in [4.69, 9.17) is 15.6 Å². The molecule has 0 aliphatic carbocycles. The van der Waals surface area contributed by atoms with Crippen LogP contribution in [0.1, 0.15) is 5.69 Å². The highest BCUT2D eigenvalue weighted by atomic mass is 32.2. The van der Waals surface area contributed by atoms with E-state index in [1.54, 1.807) is 6.07 Å². The van der Waals surface area contributed by atoms with E-state index < -0.39 is 21.9 Å². The molecule has 30 heavy (non-hydrogen) atoms. The van der Waals surface area contributed by atoms with Gasteiger partial charge in [-0.1, -0.05) is 0 Å². The van der Waals surface area contributed by atoms with E-state index in [2.05, 4.69) is 5.10 Å². The van der Waals surface area contributed by atoms with Gasteiger partial charge in [-0.25, -0.2) is 32.5 Å². The van der Waals surface area contributed by atoms with Crippen molar-refractivity contribution in [1.82, 2.24) is 14.8 Å². The largest absolute Gasteiger partial charge is 0.494 e. The first-order valence-electron chi connectivity index (χ1n) is 8.42. The number of hydrogen-bond acceptors (Lipinski definition) is 6. The molecule has 0 atom stereocenters. The van der Waals surface area contributed by atoms with Gasteiger partial charge >= 0.3 is 6.03 Å². The monoisotopic (exact) mass is 435 g/mol. The third-order valence-electron chi connectivity index (χ3n) is 4.18. The average Bonchev–Trinajstić information content (AvgIpc) is 3.11. The van der Waals surface area contributed by atoms with Gasteiger partial charge < -0.3 is 10.5 Å². The van der Waals surface area contributed by atoms with Crippen LogP contribution in [-0.4, -0.2) is 41.6 Å². The summed E-state index contributed by atoms with van der Waals surface area (Å²) in [6.45, 7) is -0.316. The Hall–Kier alpha value is -3.48. The summed E-state index contributed by atoms with van der Waals surface area (Å²) < 4.78 is 43.5. The molecule has 0 saturated carbocycles. The van der Waals surface area contributed by atoms with Crippen LogP contribution in [-0.2, 0) is 16.6 Å². The maximum absolute atomic E-state index is 14.2. The maximum Gasteiger partial charge on any atom is 0.338 e. The number of carbonyl (C=O) groups excluding carboxylic acids is 1. The second-order valence-corrected chi connectivity index (χ2v) is 7.78. The highest BCUT2D eigenvalue weighted by molar-refractivity contribution is 7.89. The van der Waals surface area contributed by atoms with Crippen molar-refractivity contribution in [3.05, 3.63) is 60.0 Å². The lowest BCUT2D eigenvalue weighted by atomic mass is 10.1. The first-order chi connectivity index (χ1) is 14.1. The number of methoxy groups -OCH3 is 1. The van der Waals surface area contributed by atoms with Gasteiger partial charge in [-0.15, -0.1) is 0 Å². The number of aromatic nitrogens is 2. The Morgan fingerprint density at radius 1 is 1.23 bits per heavy atom. The van der Waals surface area contributed by atoms with Gasteiger partial charge in [0, 0.05) is 5.56 Å². The molecule has 0 fully saturated rings. The molecule has 0 spiro atoms. The number of primary sulfonamides is 1. The Kier molecular flexibility index (Phi) is 5.73. The molecule has 0 saturated heterocycles. The van der Waals surface area contributed by atoms with Crippen LogP contribution in [0, 0.1) is 5.82 Å². The van der Waals surface area contributed by atoms with Crippen molar-refractivity contribution in [3.8, 4) is 22.7 Å². The number of urea groups is 1. The molecule has 0 unspecified atom stereocenters. The Morgan fingerprint density at radius 2 is 1.90 bits per heavy atom. The Labute approximate surface area is 171 Å². The molecule has 12 heteroatoms. The lowest BCUT2D eigenvalue weighted by Gasteiger charge is -2.10. The third kappa shape index (κ3) is 4.40. The van der Waals surface area contributed by atoms with Crippen LogP contribution in [0.4, 0.5) is 9.18 Å². The van der Waals surface area contributed by atoms with E-state index in [1.807, 2.05) is 0 Å². The van der Waals surface area contributed by atoms with Crippen LogP contribution < -0.4 is 15.6 Å². The van der Waals surface area contributed by atoms with E-state index in [-0.39, 0.29) is 27.9 Å². The number of nitrogens with two attached hydrogens (primary N) is 2. The van der Waals surface area contributed by atoms with Crippen LogP contribution in [0.15, 0.2) is 53.4 Å². The molecule has 2 aromatic carbocycles. The molecule has 3 rings (SSSR count). The van der Waals surface area contributed by atoms with E-state index in [0.717, 1.165) is 0 Å². The number of ether oxygens (including phenoxy) is 1. The molecule has 2 amide bonds. The summed E-state index contributed by atoms with van der Waals surface area (Å²) in [6, 6.07) is 10.3. The summed E-state index contributed by atoms with van der Waals surface area (Å²) in [5, 5.41) is 19.3. The van der Waals surface area contributed by atoms with Gasteiger partial charge in [-0.05, 0) is 48.5 Å². The number of sulfonamides is 1. The van der Waals surface area contributed by atoms with Gasteiger partial charge in [0.15, 0.2) is 11.6 Å². The quantitative estimate of drug-likeness (QED) is 0.395. The molecule has 1 aromatic heterocycles. The fourth-order valence-corrected chi connectivity index (χ4v) is 3.26. The van der Waals surface area contributed by atoms with E-state index >= 15 is 0 Å². The fourth-order valence-electron chi connectivity index (χ4n) is 2.74. The summed E-state index contributed by atoms with van der Waals surface area (Å²) >= 11 is 0. The zero-order valence-corrected chi connectivity index (χ0v) is 16.5. The number of primary amides is 1. The van der Waals surface area contributed by atoms with E-state index in [9.17, 15) is 22.8 Å². The minimum absolute atomic E-state index is 0.0535. The van der Waals surface area contributed by atoms with Crippen molar-refractivity contribution in [2.45, 2.75) is 11.4 Å². The lowest BCUT2D eigenvalue weighted by Crippen LogP contribution is -2.32. The third-order valence-corrected chi connectivity index (χ3v) is 5.11. The minimum Gasteiger partial charge on any atom is -0.494 e. The Balaban J connectivity index is 2.11. The normalized spacial score (nSPS) is 11.3. The number of amides is 2. The molecular formula is C18H18FN5O5S. The molecule has 0 bridgehead atoms. The molecule has 158 valence electrons. The maximum atomic E-state index is 14.2. The SMILES string of the molecule is COc1ccc(-c2cc(CN(O)C(N)=O)nn2-c2ccc(S(N)(=O)=O)cc2)cc1F. The number of nitrogens with zero attached hydrogens (tertiary/aromatic N) is 3. The van der Waals surface area contributed by atoms with Crippen LogP contribution in [0.3, 0.4) is 0 Å². The average molecular weight is 435 g/mol. The molecule has 3 aromatic rings. The van der Waals surface area contributed by atoms with Crippen molar-refractivity contribution in [3.63, 3.8) is 0 Å². The standard InChI is InChI=1S/C18H18FN5O5S/c1-29-17-7-2-11(8-15(17)19)16-9-12(10-23(26)18(20)25)22-24(16)13-3-5-14(6-4-13)30(21,27)28/h2-9,26H,10H2,1H3,(H2,20,25)(H2,21,27,28). The first-order valence-corrected chi connectivity index (χ1v) is 9.96. The predicted octanol–water partition coefficient (Wildman–Crippen LogP) is 1.60. The van der Waals surface area contributed by atoms with Crippen LogP contribution in [0.2, 0.25) is 0 Å². The number of benzene rings is 2. The first kappa shape index (κ1) is 21.2. The summed E-state index contributed by atoms with van der Waals surface area (Å²) in [5.74, 6) is -0.549. The lowest BCUT2D eigenvalue weighted by molar-refractivity contribution is -0.0479. The van der Waals surface area contributed by atoms with Crippen molar-refractivity contribution >= 4 is 16.1 Å². The number of rotatable bonds is 6. The zero-order chi connectivity index (χ0) is 22.1. The molecule has 0 aliphatic heterocycles. The molecule has 1 heterocycles. The van der Waals surface area contributed by atoms with Crippen LogP contribution in [0.5, 0.6) is 5.75 Å². The highest BCUT2D eigenvalue weighted by Crippen LogP contribution is 2.29. The summed E-state index contributed by atoms with van der Waals surface area (Å²) in [5.41, 5.74) is 6.54. The van der Waals surface area contributed by atoms with Crippen molar-refractivity contribution in [2.75, 3.05) is 7.11 Å². The fraction of sp³-hybridized carbons (Fsp3) is 0.111. The minimum atomic E-state index is -3.88. The van der Waals surface area contributed by atoms with E-state index in [0.29, 0.717) is 16.9 Å². The number of halogens is 1. The van der Waals surface area contributed by atoms with Gasteiger partial charge in [-0.3, -0.25) is 5.21 Å². The van der Waals surface area contributed by atoms with Crippen LogP contribution in [0.25, 0.3) is 16.9 Å². The number of carbonyl (C=O) groups is 1. The molecule has 0 radical (unpaired) electrons. The number of hydroxylamine groups is 2. The predicted molar refractivity (Wildman–Crippen MR) is 104 cm³/mol. The second-order valence-electron chi connectivity index (χ2n) is 6.22. The summed E-state index contributed by atoms with van der Waals surface area (Å²) in [6.07, 6.45) is 0. The zero-order valence-electron chi connectivity index (χ0n) is 15.7. The molecule has 10 nitrogen and oxygen atoms in total. The van der Waals surface area contributed by atoms with Crippen molar-refractivity contribution in [1.29, 1.82) is 0 Å². The second kappa shape index (κ2) is 8.10. The molecular weight excluding hydrogens is 417 g/mol. The van der Waals surface area contributed by atoms with Gasteiger partial charge in [-0.2, -0.15) is 5.10 Å². The van der Waals surface area contributed by atoms with Gasteiger partial charge in [0.2, 0.25) is 10.0 Å². The van der Waals surface area contributed by atoms with Gasteiger partial charge in [0.25, 0.3) is 0 Å². The van der Waals surface area contributed by atoms with Gasteiger partial charge in [0.05, 0.1) is 35.6 Å². The highest BCUT2D eigenvalue weighted by Gasteiger charge is 2.17. The Morgan fingerprint density at radius 3 is 2.43 bits per heavy atom. The smallest absolute Gasteiger partial charge is 0.338 e. The van der Waals surface area contributed by atoms with E-state index in [1.165, 1.54) is 54.3 Å². The Bertz CT molecular complexity index is 1190. The topological polar surface area (TPSA) is 154 Å². The molecule has 5 N–H and O–H groups in total. The molecule has 0 aliphatic rings. The van der Waals surface area contributed by atoms with Gasteiger partial charge in [0.1, 0.15) is 0 Å². The van der Waals surface area contributed by atoms with Crippen LogP contribution >= 0.6 is 0 Å². The summed E-state index contributed by atoms with van der Waals surface area (Å²) in [7, 11) is -2.54. The summed E-state index contributed by atoms with van der Waals surface area (Å²) in [4.78, 5) is 11.0. The van der Waals surface area contributed by atoms with Crippen molar-refractivity contribution in [2.24, 2.45) is 10.9 Å². The number of hydrogen-bond donors (Lipinski definition) is 3.